The van der Waals surface area contributed by atoms with Gasteiger partial charge >= 0.3 is 0 Å². The van der Waals surface area contributed by atoms with Gasteiger partial charge in [-0.3, -0.25) is 10.4 Å². The van der Waals surface area contributed by atoms with Crippen LogP contribution in [0.2, 0.25) is 0 Å². The number of para-hydroxylation sites is 1. The average molecular weight is 467 g/mol. The number of nitrogens with one attached hydrogen (secondary N) is 2. The van der Waals surface area contributed by atoms with E-state index in [1.165, 1.54) is 0 Å². The third-order valence-electron chi connectivity index (χ3n) is 4.62. The van der Waals surface area contributed by atoms with Crippen molar-refractivity contribution in [3.05, 3.63) is 84.0 Å². The van der Waals surface area contributed by atoms with Gasteiger partial charge in [-0.1, -0.05) is 66.0 Å². The molecule has 0 spiro atoms. The summed E-state index contributed by atoms with van der Waals surface area (Å²) in [5.41, 5.74) is 5.83. The van der Waals surface area contributed by atoms with Gasteiger partial charge in [0, 0.05) is 17.0 Å². The van der Waals surface area contributed by atoms with Gasteiger partial charge in [0.1, 0.15) is 10.1 Å². The molecule has 0 aromatic heterocycles. The Morgan fingerprint density at radius 1 is 1.23 bits per heavy atom. The molecule has 1 aliphatic carbocycles. The zero-order chi connectivity index (χ0) is 21.5. The summed E-state index contributed by atoms with van der Waals surface area (Å²) < 4.78 is 6.66. The highest BCUT2D eigenvalue weighted by molar-refractivity contribution is 8.39. The normalized spacial score (nSPS) is 19.2. The number of thiocarbonyl (C=S) groups is 1. The number of benzene rings is 2. The van der Waals surface area contributed by atoms with Gasteiger partial charge < -0.3 is 10.1 Å². The lowest BCUT2D eigenvalue weighted by Gasteiger charge is -2.11. The summed E-state index contributed by atoms with van der Waals surface area (Å²) in [6.45, 7) is 0. The minimum atomic E-state index is 0.261. The molecule has 0 bridgehead atoms. The Morgan fingerprint density at radius 3 is 2.87 bits per heavy atom. The van der Waals surface area contributed by atoms with Crippen molar-refractivity contribution < 1.29 is 4.74 Å². The summed E-state index contributed by atoms with van der Waals surface area (Å²) in [5, 5.41) is 8.20. The summed E-state index contributed by atoms with van der Waals surface area (Å²) in [5.74, 6) is 1.64. The fraction of sp³-hybridized carbons (Fsp3) is 0.174. The number of hydrogen-bond acceptors (Lipinski definition) is 6. The highest BCUT2D eigenvalue weighted by atomic mass is 32.2. The highest BCUT2D eigenvalue weighted by Crippen LogP contribution is 2.37. The SMILES string of the molecule is COc1ccc(/C=N\NC(=S)Nc2ccccc2)cc1CSC1=N[C@H]2C=CC=C[C@@H]2S1. The van der Waals surface area contributed by atoms with Crippen molar-refractivity contribution in [2.24, 2.45) is 10.1 Å². The maximum Gasteiger partial charge on any atom is 0.191 e. The molecule has 158 valence electrons. The van der Waals surface area contributed by atoms with Crippen LogP contribution >= 0.6 is 35.7 Å². The number of rotatable bonds is 6. The second-order valence-electron chi connectivity index (χ2n) is 6.79. The van der Waals surface area contributed by atoms with E-state index in [2.05, 4.69) is 46.2 Å². The van der Waals surface area contributed by atoms with E-state index in [1.807, 2.05) is 54.2 Å². The van der Waals surface area contributed by atoms with Crippen LogP contribution in [0.5, 0.6) is 5.75 Å². The molecule has 0 fully saturated rings. The Balaban J connectivity index is 1.34. The first kappa shape index (κ1) is 21.7. The largest absolute Gasteiger partial charge is 0.496 e. The number of aliphatic imine (C=N–C) groups is 1. The standard InChI is InChI=1S/C23H22N4OS3/c1-28-20-12-11-16(14-24-27-22(29)25-18-7-3-2-4-8-18)13-17(20)15-30-23-26-19-9-5-6-10-21(19)31-23/h2-14,19,21H,15H2,1H3,(H2,25,27,29)/b24-14-/t19-,21-/m0/s1. The molecule has 2 aliphatic rings. The predicted molar refractivity (Wildman–Crippen MR) is 139 cm³/mol. The lowest BCUT2D eigenvalue weighted by Crippen LogP contribution is -2.23. The summed E-state index contributed by atoms with van der Waals surface area (Å²) in [6.07, 6.45) is 10.3. The van der Waals surface area contributed by atoms with Crippen LogP contribution in [-0.4, -0.2) is 34.1 Å². The van der Waals surface area contributed by atoms with Crippen LogP contribution < -0.4 is 15.5 Å². The third-order valence-corrected chi connectivity index (χ3v) is 7.27. The van der Waals surface area contributed by atoms with Crippen molar-refractivity contribution in [1.29, 1.82) is 0 Å². The molecule has 5 nitrogen and oxygen atoms in total. The topological polar surface area (TPSA) is 58.0 Å². The van der Waals surface area contributed by atoms with E-state index in [0.717, 1.165) is 32.7 Å². The van der Waals surface area contributed by atoms with E-state index in [-0.39, 0.29) is 6.04 Å². The van der Waals surface area contributed by atoms with Crippen LogP contribution in [0.1, 0.15) is 11.1 Å². The zero-order valence-electron chi connectivity index (χ0n) is 16.9. The predicted octanol–water partition coefficient (Wildman–Crippen LogP) is 5.21. The second-order valence-corrected chi connectivity index (χ2v) is 9.59. The van der Waals surface area contributed by atoms with Gasteiger partial charge in [0.15, 0.2) is 5.11 Å². The maximum absolute atomic E-state index is 5.55. The van der Waals surface area contributed by atoms with E-state index in [1.54, 1.807) is 25.1 Å². The van der Waals surface area contributed by atoms with E-state index < -0.39 is 0 Å². The minimum Gasteiger partial charge on any atom is -0.496 e. The van der Waals surface area contributed by atoms with Gasteiger partial charge in [-0.15, -0.1) is 0 Å². The van der Waals surface area contributed by atoms with Crippen LogP contribution in [0.4, 0.5) is 5.69 Å². The van der Waals surface area contributed by atoms with Crippen LogP contribution in [0, 0.1) is 0 Å². The van der Waals surface area contributed by atoms with Gasteiger partial charge in [0.25, 0.3) is 0 Å². The summed E-state index contributed by atoms with van der Waals surface area (Å²) >= 11 is 8.85. The molecule has 2 aromatic rings. The second kappa shape index (κ2) is 10.7. The number of thioether (sulfide) groups is 2. The number of nitrogens with zero attached hydrogens (tertiary/aromatic N) is 2. The van der Waals surface area contributed by atoms with Gasteiger partial charge in [-0.25, -0.2) is 0 Å². The molecule has 2 aromatic carbocycles. The Bertz CT molecular complexity index is 1050. The molecule has 1 aliphatic heterocycles. The van der Waals surface area contributed by atoms with Crippen molar-refractivity contribution in [3.8, 4) is 5.75 Å². The van der Waals surface area contributed by atoms with Crippen molar-refractivity contribution in [2.45, 2.75) is 17.0 Å². The smallest absolute Gasteiger partial charge is 0.191 e. The van der Waals surface area contributed by atoms with Gasteiger partial charge in [0.2, 0.25) is 0 Å². The Labute approximate surface area is 196 Å². The fourth-order valence-electron chi connectivity index (χ4n) is 3.12. The Morgan fingerprint density at radius 2 is 2.06 bits per heavy atom. The third kappa shape index (κ3) is 6.00. The zero-order valence-corrected chi connectivity index (χ0v) is 19.3. The number of methoxy groups -OCH3 is 1. The average Bonchev–Trinajstić information content (AvgIpc) is 3.21. The molecule has 2 N–H and O–H groups in total. The molecule has 2 atom stereocenters. The first-order valence-corrected chi connectivity index (χ1v) is 12.0. The molecule has 4 rings (SSSR count). The highest BCUT2D eigenvalue weighted by Gasteiger charge is 2.27. The molecule has 1 heterocycles. The summed E-state index contributed by atoms with van der Waals surface area (Å²) in [4.78, 5) is 4.81. The number of allylic oxidation sites excluding steroid dienone is 2. The molecule has 31 heavy (non-hydrogen) atoms. The van der Waals surface area contributed by atoms with Crippen molar-refractivity contribution in [2.75, 3.05) is 12.4 Å². The van der Waals surface area contributed by atoms with Gasteiger partial charge in [-0.05, 0) is 48.1 Å². The molecule has 8 heteroatoms. The number of hydrogen-bond donors (Lipinski definition) is 2. The van der Waals surface area contributed by atoms with Crippen LogP contribution in [-0.2, 0) is 5.75 Å². The molecule has 0 unspecified atom stereocenters. The summed E-state index contributed by atoms with van der Waals surface area (Å²) in [7, 11) is 1.69. The summed E-state index contributed by atoms with van der Waals surface area (Å²) in [6, 6.07) is 16.0. The molecule has 0 saturated carbocycles. The fourth-order valence-corrected chi connectivity index (χ4v) is 5.65. The first-order valence-electron chi connectivity index (χ1n) is 9.75. The molecular formula is C23H22N4OS3. The number of fused-ring (bicyclic) bond motifs is 1. The van der Waals surface area contributed by atoms with Gasteiger partial charge in [-0.2, -0.15) is 5.10 Å². The minimum absolute atomic E-state index is 0.261. The van der Waals surface area contributed by atoms with E-state index in [0.29, 0.717) is 10.4 Å². The van der Waals surface area contributed by atoms with Crippen LogP contribution in [0.3, 0.4) is 0 Å². The monoisotopic (exact) mass is 466 g/mol. The van der Waals surface area contributed by atoms with Crippen molar-refractivity contribution in [1.82, 2.24) is 5.43 Å². The lowest BCUT2D eigenvalue weighted by atomic mass is 10.1. The number of ether oxygens (including phenoxy) is 1. The molecule has 0 amide bonds. The van der Waals surface area contributed by atoms with Gasteiger partial charge in [0.05, 0.1) is 24.6 Å². The molecule has 0 saturated heterocycles. The number of anilines is 1. The van der Waals surface area contributed by atoms with E-state index in [9.17, 15) is 0 Å². The lowest BCUT2D eigenvalue weighted by molar-refractivity contribution is 0.411. The maximum atomic E-state index is 5.55. The number of hydrazone groups is 1. The van der Waals surface area contributed by atoms with Crippen LogP contribution in [0.25, 0.3) is 0 Å². The quantitative estimate of drug-likeness (QED) is 0.346. The van der Waals surface area contributed by atoms with Crippen LogP contribution in [0.15, 0.2) is 82.9 Å². The first-order chi connectivity index (χ1) is 15.2. The van der Waals surface area contributed by atoms with E-state index in [4.69, 9.17) is 21.9 Å². The van der Waals surface area contributed by atoms with Crippen molar-refractivity contribution in [3.63, 3.8) is 0 Å². The van der Waals surface area contributed by atoms with E-state index >= 15 is 0 Å². The Hall–Kier alpha value is -2.55. The Kier molecular flexibility index (Phi) is 7.45. The molecular weight excluding hydrogens is 444 g/mol. The van der Waals surface area contributed by atoms with Crippen molar-refractivity contribution >= 4 is 57.1 Å². The molecule has 0 radical (unpaired) electrons.